The number of benzene rings is 3. The van der Waals surface area contributed by atoms with Gasteiger partial charge in [0.15, 0.2) is 0 Å². The Morgan fingerprint density at radius 2 is 0.808 bits per heavy atom. The van der Waals surface area contributed by atoms with E-state index in [1.807, 2.05) is 103 Å². The molecule has 0 aliphatic rings. The Morgan fingerprint density at radius 1 is 0.462 bits per heavy atom. The lowest BCUT2D eigenvalue weighted by molar-refractivity contribution is 1.66. The second-order valence-corrected chi connectivity index (χ2v) is 5.24. The summed E-state index contributed by atoms with van der Waals surface area (Å²) in [6.45, 7) is 10.9. The summed E-state index contributed by atoms with van der Waals surface area (Å²) in [5, 5.41) is 0. The molecule has 0 heteroatoms. The third kappa shape index (κ3) is 9.69. The lowest BCUT2D eigenvalue weighted by atomic mass is 10.2. The average Bonchev–Trinajstić information content (AvgIpc) is 2.75. The number of allylic oxidation sites excluding steroid dienone is 2. The Morgan fingerprint density at radius 3 is 1.08 bits per heavy atom. The summed E-state index contributed by atoms with van der Waals surface area (Å²) in [7, 11) is 0. The molecule has 0 heterocycles. The lowest BCUT2D eigenvalue weighted by Crippen LogP contribution is -1.65. The van der Waals surface area contributed by atoms with E-state index in [1.54, 1.807) is 6.08 Å². The highest BCUT2D eigenvalue weighted by Crippen LogP contribution is 2.00. The van der Waals surface area contributed by atoms with Crippen molar-refractivity contribution < 1.29 is 0 Å². The van der Waals surface area contributed by atoms with Crippen LogP contribution in [0.1, 0.15) is 16.7 Å². The maximum absolute atomic E-state index is 3.63. The molecule has 0 aliphatic carbocycles. The summed E-state index contributed by atoms with van der Waals surface area (Å²) in [5.74, 6) is 0. The maximum Gasteiger partial charge on any atom is -0.0257 e. The van der Waals surface area contributed by atoms with Gasteiger partial charge < -0.3 is 0 Å². The first kappa shape index (κ1) is 20.7. The molecule has 0 fully saturated rings. The molecule has 0 amide bonds. The Bertz CT molecular complexity index is 723. The van der Waals surface area contributed by atoms with Crippen LogP contribution in [0.2, 0.25) is 0 Å². The predicted molar refractivity (Wildman–Crippen MR) is 119 cm³/mol. The average molecular weight is 338 g/mol. The largest absolute Gasteiger partial charge is 0.0991 e. The van der Waals surface area contributed by atoms with Crippen molar-refractivity contribution in [3.8, 4) is 0 Å². The van der Waals surface area contributed by atoms with Crippen LogP contribution < -0.4 is 0 Å². The molecule has 0 unspecified atom stereocenters. The number of hydrogen-bond donors (Lipinski definition) is 0. The van der Waals surface area contributed by atoms with Crippen molar-refractivity contribution in [2.45, 2.75) is 0 Å². The predicted octanol–water partition coefficient (Wildman–Crippen LogP) is 7.55. The van der Waals surface area contributed by atoms with Crippen LogP contribution in [-0.4, -0.2) is 0 Å². The van der Waals surface area contributed by atoms with E-state index >= 15 is 0 Å². The highest BCUT2D eigenvalue weighted by Gasteiger charge is 1.78. The Balaban J connectivity index is 0.000000197. The summed E-state index contributed by atoms with van der Waals surface area (Å²) in [5.41, 5.74) is 3.56. The van der Waals surface area contributed by atoms with Crippen molar-refractivity contribution in [3.63, 3.8) is 0 Å². The Hall–Kier alpha value is -3.38. The zero-order valence-electron chi connectivity index (χ0n) is 15.2. The molecule has 0 saturated carbocycles. The van der Waals surface area contributed by atoms with Crippen molar-refractivity contribution in [3.05, 3.63) is 140 Å². The fourth-order valence-corrected chi connectivity index (χ4v) is 1.92. The van der Waals surface area contributed by atoms with Gasteiger partial charge in [-0.1, -0.05) is 141 Å². The van der Waals surface area contributed by atoms with Gasteiger partial charge in [-0.15, -0.1) is 0 Å². The topological polar surface area (TPSA) is 0 Å². The Labute approximate surface area is 158 Å². The molecular formula is C26H26. The molecule has 0 spiro atoms. The SMILES string of the molecule is C=CC=Cc1ccccc1.C=Cc1ccccc1.C=Cc1ccccc1. The molecule has 0 nitrogen and oxygen atoms in total. The molecule has 0 aromatic heterocycles. The smallest absolute Gasteiger partial charge is 0.0257 e. The van der Waals surface area contributed by atoms with Crippen LogP contribution in [0.5, 0.6) is 0 Å². The highest BCUT2D eigenvalue weighted by atomic mass is 13.8. The van der Waals surface area contributed by atoms with E-state index < -0.39 is 0 Å². The van der Waals surface area contributed by atoms with Gasteiger partial charge >= 0.3 is 0 Å². The third-order valence-corrected chi connectivity index (χ3v) is 3.29. The molecular weight excluding hydrogens is 312 g/mol. The molecule has 26 heavy (non-hydrogen) atoms. The van der Waals surface area contributed by atoms with E-state index in [0.717, 1.165) is 0 Å². The van der Waals surface area contributed by atoms with Gasteiger partial charge in [-0.25, -0.2) is 0 Å². The van der Waals surface area contributed by atoms with Crippen molar-refractivity contribution in [1.29, 1.82) is 0 Å². The number of rotatable bonds is 4. The quantitative estimate of drug-likeness (QED) is 0.431. The Kier molecular flexibility index (Phi) is 11.1. The van der Waals surface area contributed by atoms with Crippen molar-refractivity contribution >= 4 is 18.2 Å². The third-order valence-electron chi connectivity index (χ3n) is 3.29. The molecule has 0 atom stereocenters. The lowest BCUT2D eigenvalue weighted by Gasteiger charge is -1.87. The summed E-state index contributed by atoms with van der Waals surface area (Å²) < 4.78 is 0. The van der Waals surface area contributed by atoms with E-state index in [2.05, 4.69) is 31.9 Å². The van der Waals surface area contributed by atoms with Crippen LogP contribution in [0.4, 0.5) is 0 Å². The summed E-state index contributed by atoms with van der Waals surface area (Å²) in [4.78, 5) is 0. The van der Waals surface area contributed by atoms with Crippen LogP contribution >= 0.6 is 0 Å². The summed E-state index contributed by atoms with van der Waals surface area (Å²) in [6.07, 6.45) is 9.38. The monoisotopic (exact) mass is 338 g/mol. The minimum absolute atomic E-state index is 1.17. The van der Waals surface area contributed by atoms with Gasteiger partial charge in [-0.05, 0) is 16.7 Å². The molecule has 3 rings (SSSR count). The van der Waals surface area contributed by atoms with Gasteiger partial charge in [0, 0.05) is 0 Å². The first-order valence-corrected chi connectivity index (χ1v) is 8.49. The van der Waals surface area contributed by atoms with Crippen molar-refractivity contribution in [1.82, 2.24) is 0 Å². The van der Waals surface area contributed by atoms with Crippen molar-refractivity contribution in [2.24, 2.45) is 0 Å². The second kappa shape index (κ2) is 14.0. The van der Waals surface area contributed by atoms with E-state index in [1.165, 1.54) is 16.7 Å². The van der Waals surface area contributed by atoms with E-state index in [-0.39, 0.29) is 0 Å². The van der Waals surface area contributed by atoms with Gasteiger partial charge in [-0.3, -0.25) is 0 Å². The molecule has 3 aromatic carbocycles. The molecule has 0 N–H and O–H groups in total. The molecule has 0 aliphatic heterocycles. The van der Waals surface area contributed by atoms with Gasteiger partial charge in [0.05, 0.1) is 0 Å². The van der Waals surface area contributed by atoms with Crippen LogP contribution in [0.3, 0.4) is 0 Å². The molecule has 0 radical (unpaired) electrons. The van der Waals surface area contributed by atoms with Crippen LogP contribution in [-0.2, 0) is 0 Å². The number of hydrogen-bond acceptors (Lipinski definition) is 0. The van der Waals surface area contributed by atoms with Gasteiger partial charge in [-0.2, -0.15) is 0 Å². The standard InChI is InChI=1S/C10H10.2C8H8/c1-2-3-7-10-8-5-4-6-9-10;2*1-2-8-6-4-3-5-7-8/h2-9H,1H2;2*2-7H,1H2. The maximum atomic E-state index is 3.63. The fraction of sp³-hybridized carbons (Fsp3) is 0. The highest BCUT2D eigenvalue weighted by molar-refractivity contribution is 5.50. The molecule has 130 valence electrons. The molecule has 0 saturated heterocycles. The summed E-state index contributed by atoms with van der Waals surface area (Å²) >= 11 is 0. The van der Waals surface area contributed by atoms with E-state index in [4.69, 9.17) is 0 Å². The summed E-state index contributed by atoms with van der Waals surface area (Å²) in [6, 6.07) is 30.2. The van der Waals surface area contributed by atoms with Gasteiger partial charge in [0.25, 0.3) is 0 Å². The second-order valence-electron chi connectivity index (χ2n) is 5.24. The van der Waals surface area contributed by atoms with Gasteiger partial charge in [0.2, 0.25) is 0 Å². The van der Waals surface area contributed by atoms with Crippen molar-refractivity contribution in [2.75, 3.05) is 0 Å². The van der Waals surface area contributed by atoms with Crippen LogP contribution in [0.25, 0.3) is 18.2 Å². The van der Waals surface area contributed by atoms with E-state index in [0.29, 0.717) is 0 Å². The van der Waals surface area contributed by atoms with Crippen LogP contribution in [0, 0.1) is 0 Å². The van der Waals surface area contributed by atoms with E-state index in [9.17, 15) is 0 Å². The minimum atomic E-state index is 1.17. The van der Waals surface area contributed by atoms with Gasteiger partial charge in [0.1, 0.15) is 0 Å². The first-order chi connectivity index (χ1) is 12.8. The first-order valence-electron chi connectivity index (χ1n) is 8.49. The fourth-order valence-electron chi connectivity index (χ4n) is 1.92. The zero-order valence-corrected chi connectivity index (χ0v) is 15.2. The molecule has 3 aromatic rings. The van der Waals surface area contributed by atoms with Crippen LogP contribution in [0.15, 0.2) is 123 Å². The zero-order chi connectivity index (χ0) is 18.9. The molecule has 0 bridgehead atoms. The minimum Gasteiger partial charge on any atom is -0.0991 e. The normalized spacial score (nSPS) is 9.08.